The van der Waals surface area contributed by atoms with Crippen molar-refractivity contribution in [1.82, 2.24) is 3.31 Å². The number of halogens is 2. The SMILES string of the molecule is [Cl-].[Cl][Zn]1[n]2cc[n+]1c2. The molecule has 0 spiro atoms. The van der Waals surface area contributed by atoms with Crippen LogP contribution in [0.15, 0.2) is 18.7 Å². The Bertz CT molecular complexity index is 173. The van der Waals surface area contributed by atoms with Crippen molar-refractivity contribution < 1.29 is 31.2 Å². The van der Waals surface area contributed by atoms with Crippen LogP contribution in [0.25, 0.3) is 0 Å². The van der Waals surface area contributed by atoms with Gasteiger partial charge in [0.15, 0.2) is 0 Å². The van der Waals surface area contributed by atoms with Gasteiger partial charge in [-0.25, -0.2) is 0 Å². The molecule has 3 heterocycles. The Balaban J connectivity index is 0.000000320. The van der Waals surface area contributed by atoms with Gasteiger partial charge in [0.1, 0.15) is 0 Å². The first-order valence-corrected chi connectivity index (χ1v) is 8.82. The van der Waals surface area contributed by atoms with Gasteiger partial charge in [-0.1, -0.05) is 0 Å². The standard InChI is InChI=1S/C3H3N2.2ClH.Zn/c1-2-5-3-4-1;;;/h1-3H;2*1H;/q-1;;;+3/p-2. The number of aromatic nitrogens is 2. The number of hydrogen-bond donors (Lipinski definition) is 0. The summed E-state index contributed by atoms with van der Waals surface area (Å²) in [4.78, 5) is 0. The first kappa shape index (κ1) is 6.53. The van der Waals surface area contributed by atoms with Gasteiger partial charge in [-0.3, -0.25) is 0 Å². The molecule has 0 saturated carbocycles. The molecule has 41 valence electrons. The van der Waals surface area contributed by atoms with Crippen LogP contribution in [-0.4, -0.2) is 3.31 Å². The molecule has 5 heteroatoms. The van der Waals surface area contributed by atoms with Gasteiger partial charge in [-0.2, -0.15) is 0 Å². The van der Waals surface area contributed by atoms with Crippen LogP contribution in [-0.2, 0) is 15.4 Å². The van der Waals surface area contributed by atoms with Crippen molar-refractivity contribution >= 4 is 9.69 Å². The van der Waals surface area contributed by atoms with E-state index in [1.165, 1.54) is 0 Å². The number of rotatable bonds is 0. The van der Waals surface area contributed by atoms with E-state index in [2.05, 4.69) is 6.62 Å². The van der Waals surface area contributed by atoms with Crippen LogP contribution in [0.1, 0.15) is 0 Å². The average molecular weight is 203 g/mol. The van der Waals surface area contributed by atoms with Gasteiger partial charge in [-0.15, -0.1) is 0 Å². The maximum absolute atomic E-state index is 5.88. The Kier molecular flexibility index (Phi) is 1.62. The van der Waals surface area contributed by atoms with Crippen molar-refractivity contribution in [3.63, 3.8) is 0 Å². The zero-order chi connectivity index (χ0) is 4.85. The van der Waals surface area contributed by atoms with Crippen LogP contribution in [0.3, 0.4) is 0 Å². The van der Waals surface area contributed by atoms with Crippen LogP contribution in [0.2, 0.25) is 0 Å². The second-order valence-electron chi connectivity index (χ2n) is 1.82. The van der Waals surface area contributed by atoms with Crippen molar-refractivity contribution in [3.05, 3.63) is 18.7 Å². The molecule has 2 nitrogen and oxygen atoms in total. The summed E-state index contributed by atoms with van der Waals surface area (Å²) in [7, 11) is 5.88. The van der Waals surface area contributed by atoms with Crippen molar-refractivity contribution in [1.29, 1.82) is 0 Å². The van der Waals surface area contributed by atoms with Crippen molar-refractivity contribution in [2.75, 3.05) is 0 Å². The Morgan fingerprint density at radius 1 is 1.62 bits per heavy atom. The van der Waals surface area contributed by atoms with E-state index in [1.807, 2.05) is 18.7 Å². The molecule has 0 saturated heterocycles. The molecule has 2 aliphatic rings. The fourth-order valence-corrected chi connectivity index (χ4v) is 5.03. The average Bonchev–Trinajstić information content (AvgIpc) is 2.18. The number of fused-ring (bicyclic) bond motifs is 1. The summed E-state index contributed by atoms with van der Waals surface area (Å²) in [6, 6.07) is 0. The Morgan fingerprint density at radius 3 is 2.50 bits per heavy atom. The molecule has 0 aromatic carbocycles. The van der Waals surface area contributed by atoms with Gasteiger partial charge in [0.2, 0.25) is 0 Å². The van der Waals surface area contributed by atoms with Gasteiger partial charge < -0.3 is 12.4 Å². The van der Waals surface area contributed by atoms with Gasteiger partial charge in [-0.05, 0) is 0 Å². The molecule has 0 unspecified atom stereocenters. The van der Waals surface area contributed by atoms with Crippen molar-refractivity contribution in [2.24, 2.45) is 0 Å². The zero-order valence-corrected chi connectivity index (χ0v) is 8.57. The fraction of sp³-hybridized carbons (Fsp3) is 0. The topological polar surface area (TPSA) is 8.81 Å². The zero-order valence-electron chi connectivity index (χ0n) is 4.09. The predicted octanol–water partition coefficient (Wildman–Crippen LogP) is -2.91. The molecule has 2 bridgehead atoms. The summed E-state index contributed by atoms with van der Waals surface area (Å²) in [6.45, 7) is 0. The molecule has 0 atom stereocenters. The van der Waals surface area contributed by atoms with Gasteiger partial charge in [0, 0.05) is 0 Å². The van der Waals surface area contributed by atoms with E-state index in [4.69, 9.17) is 9.69 Å². The van der Waals surface area contributed by atoms with E-state index in [9.17, 15) is 0 Å². The summed E-state index contributed by atoms with van der Waals surface area (Å²) >= 11 is -1.65. The van der Waals surface area contributed by atoms with E-state index < -0.39 is 15.4 Å². The van der Waals surface area contributed by atoms with E-state index in [1.54, 1.807) is 0 Å². The van der Waals surface area contributed by atoms with Crippen LogP contribution in [0.5, 0.6) is 0 Å². The molecule has 1 aromatic heterocycles. The molecule has 2 aliphatic heterocycles. The molecule has 0 fully saturated rings. The molecule has 0 N–H and O–H groups in total. The third kappa shape index (κ3) is 0.620. The molecular formula is C3H3Cl2N2Zn. The van der Waals surface area contributed by atoms with Gasteiger partial charge >= 0.3 is 50.5 Å². The summed E-state index contributed by atoms with van der Waals surface area (Å²) in [6.07, 6.45) is 6.10. The molecule has 8 heavy (non-hydrogen) atoms. The molecule has 0 aliphatic carbocycles. The first-order chi connectivity index (χ1) is 3.38. The Labute approximate surface area is 62.9 Å². The minimum atomic E-state index is -1.65. The van der Waals surface area contributed by atoms with Crippen LogP contribution < -0.4 is 15.7 Å². The summed E-state index contributed by atoms with van der Waals surface area (Å²) in [5, 5.41) is 0. The van der Waals surface area contributed by atoms with E-state index in [-0.39, 0.29) is 12.4 Å². The fourth-order valence-electron chi connectivity index (χ4n) is 0.840. The van der Waals surface area contributed by atoms with Crippen LogP contribution in [0.4, 0.5) is 0 Å². The van der Waals surface area contributed by atoms with Crippen LogP contribution in [0, 0.1) is 0 Å². The monoisotopic (exact) mass is 201 g/mol. The molecule has 3 rings (SSSR count). The third-order valence-corrected chi connectivity index (χ3v) is 8.32. The van der Waals surface area contributed by atoms with Crippen molar-refractivity contribution in [2.45, 2.75) is 0 Å². The minimum absolute atomic E-state index is 0. The van der Waals surface area contributed by atoms with Crippen LogP contribution >= 0.6 is 9.69 Å². The number of nitrogens with zero attached hydrogens (tertiary/aromatic N) is 2. The van der Waals surface area contributed by atoms with E-state index in [0.29, 0.717) is 0 Å². The third-order valence-electron chi connectivity index (χ3n) is 1.35. The number of hydrogen-bond acceptors (Lipinski definition) is 0. The predicted molar refractivity (Wildman–Crippen MR) is 21.3 cm³/mol. The molecular weight excluding hydrogens is 200 g/mol. The van der Waals surface area contributed by atoms with E-state index in [0.717, 1.165) is 0 Å². The first-order valence-electron chi connectivity index (χ1n) is 2.27. The second kappa shape index (κ2) is 1.98. The number of imidazole rings is 1. The Hall–Kier alpha value is 0.413. The quantitative estimate of drug-likeness (QED) is 0.400. The molecule has 0 amide bonds. The summed E-state index contributed by atoms with van der Waals surface area (Å²) in [5.41, 5.74) is 0. The maximum atomic E-state index is 5.88. The van der Waals surface area contributed by atoms with E-state index >= 15 is 0 Å². The van der Waals surface area contributed by atoms with Gasteiger partial charge in [0.25, 0.3) is 0 Å². The summed E-state index contributed by atoms with van der Waals surface area (Å²) < 4.78 is 4.28. The Morgan fingerprint density at radius 2 is 2.38 bits per heavy atom. The molecule has 0 radical (unpaired) electrons. The molecule has 1 aromatic rings. The second-order valence-corrected chi connectivity index (χ2v) is 8.97. The summed E-state index contributed by atoms with van der Waals surface area (Å²) in [5.74, 6) is 0. The van der Waals surface area contributed by atoms with Gasteiger partial charge in [0.05, 0.1) is 0 Å². The normalized spacial score (nSPS) is 12.4. The van der Waals surface area contributed by atoms with Crippen molar-refractivity contribution in [3.8, 4) is 0 Å².